The van der Waals surface area contributed by atoms with Crippen LogP contribution in [0.3, 0.4) is 0 Å². The summed E-state index contributed by atoms with van der Waals surface area (Å²) < 4.78 is 18.3. The normalized spacial score (nSPS) is 23.1. The second-order valence-corrected chi connectivity index (χ2v) is 11.1. The zero-order valence-electron chi connectivity index (χ0n) is 18.9. The number of aliphatic hydroxyl groups excluding tert-OH is 1. The Bertz CT molecular complexity index is 972. The highest BCUT2D eigenvalue weighted by Crippen LogP contribution is 2.42. The van der Waals surface area contributed by atoms with Gasteiger partial charge in [-0.3, -0.25) is 0 Å². The number of anilines is 2. The van der Waals surface area contributed by atoms with E-state index in [0.717, 1.165) is 49.4 Å². The molecule has 1 aliphatic carbocycles. The van der Waals surface area contributed by atoms with E-state index >= 15 is 0 Å². The summed E-state index contributed by atoms with van der Waals surface area (Å²) in [5.74, 6) is 1.95. The monoisotopic (exact) mass is 456 g/mol. The highest BCUT2D eigenvalue weighted by atomic mass is 32.2. The van der Waals surface area contributed by atoms with Gasteiger partial charge in [0, 0.05) is 32.0 Å². The van der Waals surface area contributed by atoms with Gasteiger partial charge < -0.3 is 24.6 Å². The maximum Gasteiger partial charge on any atom is 0.227 e. The maximum atomic E-state index is 12.6. The van der Waals surface area contributed by atoms with Crippen LogP contribution in [0, 0.1) is 6.92 Å². The van der Waals surface area contributed by atoms with Crippen LogP contribution in [0.4, 0.5) is 11.8 Å². The van der Waals surface area contributed by atoms with Gasteiger partial charge in [0.15, 0.2) is 5.82 Å². The van der Waals surface area contributed by atoms with E-state index in [0.29, 0.717) is 30.5 Å². The first-order valence-electron chi connectivity index (χ1n) is 11.5. The van der Waals surface area contributed by atoms with Crippen molar-refractivity contribution in [3.63, 3.8) is 0 Å². The zero-order valence-corrected chi connectivity index (χ0v) is 19.7. The predicted octanol–water partition coefficient (Wildman–Crippen LogP) is 2.57. The van der Waals surface area contributed by atoms with Crippen LogP contribution in [-0.2, 0) is 27.7 Å². The van der Waals surface area contributed by atoms with Crippen molar-refractivity contribution in [2.75, 3.05) is 49.4 Å². The molecule has 2 fully saturated rings. The van der Waals surface area contributed by atoms with E-state index in [1.54, 1.807) is 7.11 Å². The van der Waals surface area contributed by atoms with Crippen LogP contribution >= 0.6 is 0 Å². The molecular formula is C24H32N4O3S. The first kappa shape index (κ1) is 21.9. The third-order valence-corrected chi connectivity index (χ3v) is 8.76. The van der Waals surface area contributed by atoms with E-state index in [4.69, 9.17) is 14.7 Å². The summed E-state index contributed by atoms with van der Waals surface area (Å²) in [7, 11) is 1.78. The number of hydrogen-bond acceptors (Lipinski definition) is 7. The Labute approximate surface area is 192 Å². The molecule has 1 aromatic heterocycles. The Kier molecular flexibility index (Phi) is 5.82. The number of hydrogen-bond donors (Lipinski definition) is 2. The summed E-state index contributed by atoms with van der Waals surface area (Å²) in [5, 5.41) is 13.2. The van der Waals surface area contributed by atoms with E-state index in [2.05, 4.69) is 41.4 Å². The summed E-state index contributed by atoms with van der Waals surface area (Å²) in [5.41, 5.74) is 3.16. The minimum absolute atomic E-state index is 0.00673. The molecular weight excluding hydrogens is 424 g/mol. The van der Waals surface area contributed by atoms with Gasteiger partial charge in [-0.1, -0.05) is 29.8 Å². The van der Waals surface area contributed by atoms with Gasteiger partial charge in [0.1, 0.15) is 11.4 Å². The molecule has 1 atom stereocenters. The smallest absolute Gasteiger partial charge is 0.227 e. The van der Waals surface area contributed by atoms with Crippen LogP contribution in [0.2, 0.25) is 0 Å². The molecule has 1 aromatic carbocycles. The topological polar surface area (TPSA) is 93.6 Å². The Morgan fingerprint density at radius 2 is 1.88 bits per heavy atom. The molecule has 3 aliphatic rings. The molecule has 0 amide bonds. The van der Waals surface area contributed by atoms with Crippen molar-refractivity contribution in [2.45, 2.75) is 54.9 Å². The molecule has 5 rings (SSSR count). The Morgan fingerprint density at radius 1 is 1.16 bits per heavy atom. The number of aliphatic hydroxyl groups is 1. The molecule has 0 bridgehead atoms. The van der Waals surface area contributed by atoms with Crippen molar-refractivity contribution in [2.24, 2.45) is 0 Å². The van der Waals surface area contributed by atoms with Gasteiger partial charge in [0.05, 0.1) is 18.8 Å². The highest BCUT2D eigenvalue weighted by molar-refractivity contribution is 7.91. The molecule has 2 aliphatic heterocycles. The molecule has 1 saturated carbocycles. The van der Waals surface area contributed by atoms with Gasteiger partial charge in [-0.25, -0.2) is 4.98 Å². The molecule has 3 heterocycles. The van der Waals surface area contributed by atoms with Crippen molar-refractivity contribution in [3.8, 4) is 0 Å². The summed E-state index contributed by atoms with van der Waals surface area (Å²) in [4.78, 5) is 12.6. The third kappa shape index (κ3) is 3.98. The van der Waals surface area contributed by atoms with E-state index < -0.39 is 11.2 Å². The fraction of sp³-hybridized carbons (Fsp3) is 0.583. The third-order valence-electron chi connectivity index (χ3n) is 7.30. The lowest BCUT2D eigenvalue weighted by Crippen LogP contribution is -2.46. The number of aromatic nitrogens is 2. The molecule has 1 saturated heterocycles. The number of fused-ring (bicyclic) bond motifs is 1. The fourth-order valence-corrected chi connectivity index (χ4v) is 6.28. The zero-order chi connectivity index (χ0) is 22.3. The summed E-state index contributed by atoms with van der Waals surface area (Å²) >= 11 is -1.08. The van der Waals surface area contributed by atoms with E-state index in [-0.39, 0.29) is 17.6 Å². The first-order valence-corrected chi connectivity index (χ1v) is 12.8. The van der Waals surface area contributed by atoms with Crippen LogP contribution in [0.1, 0.15) is 42.5 Å². The number of benzene rings is 1. The van der Waals surface area contributed by atoms with Gasteiger partial charge in [0.25, 0.3) is 0 Å². The molecule has 0 radical (unpaired) electrons. The van der Waals surface area contributed by atoms with Crippen molar-refractivity contribution >= 4 is 22.9 Å². The second kappa shape index (κ2) is 8.48. The quantitative estimate of drug-likeness (QED) is 0.619. The lowest BCUT2D eigenvalue weighted by Gasteiger charge is -2.42. The molecule has 172 valence electrons. The lowest BCUT2D eigenvalue weighted by molar-refractivity contribution is 0.112. The van der Waals surface area contributed by atoms with E-state index in [1.807, 2.05) is 0 Å². The van der Waals surface area contributed by atoms with Crippen LogP contribution in [0.25, 0.3) is 0 Å². The molecule has 2 aromatic rings. The van der Waals surface area contributed by atoms with Gasteiger partial charge in [-0.05, 0) is 49.3 Å². The van der Waals surface area contributed by atoms with Crippen LogP contribution in [0.5, 0.6) is 0 Å². The van der Waals surface area contributed by atoms with Crippen molar-refractivity contribution in [3.05, 3.63) is 41.1 Å². The molecule has 1 unspecified atom stereocenters. The van der Waals surface area contributed by atoms with Gasteiger partial charge in [-0.15, -0.1) is 0 Å². The Balaban J connectivity index is 1.40. The van der Waals surface area contributed by atoms with Crippen LogP contribution < -0.4 is 10.2 Å². The van der Waals surface area contributed by atoms with E-state index in [9.17, 15) is 9.66 Å². The molecule has 32 heavy (non-hydrogen) atoms. The molecule has 7 nitrogen and oxygen atoms in total. The van der Waals surface area contributed by atoms with Crippen molar-refractivity contribution < 1.29 is 14.4 Å². The van der Waals surface area contributed by atoms with Gasteiger partial charge in [0.2, 0.25) is 10.8 Å². The van der Waals surface area contributed by atoms with Crippen molar-refractivity contribution in [1.29, 1.82) is 0 Å². The number of aryl methyl sites for hydroxylation is 2. The lowest BCUT2D eigenvalue weighted by atomic mass is 9.73. The molecule has 8 heteroatoms. The summed E-state index contributed by atoms with van der Waals surface area (Å²) in [6, 6.07) is 8.82. The number of methoxy groups -OCH3 is 1. The number of nitrogens with one attached hydrogen (secondary N) is 1. The standard InChI is InChI=1S/C24H32N4O3S/c1-17-3-5-18(6-4-17)23(16-31-2)10-12-28(13-11-23)22-25-19-7-14-32(30)20(19)21(26-22)27-24(15-29)8-9-24/h3-6,29H,7-16H2,1-2H3,(H,25,26,27). The van der Waals surface area contributed by atoms with E-state index in [1.165, 1.54) is 11.1 Å². The number of ether oxygens (including phenoxy) is 1. The fourth-order valence-electron chi connectivity index (χ4n) is 4.97. The number of nitrogens with zero attached hydrogens (tertiary/aromatic N) is 3. The Morgan fingerprint density at radius 3 is 2.50 bits per heavy atom. The summed E-state index contributed by atoms with van der Waals surface area (Å²) in [6.45, 7) is 4.54. The number of piperidine rings is 1. The largest absolute Gasteiger partial charge is 0.611 e. The Hall–Kier alpha value is -1.87. The molecule has 2 N–H and O–H groups in total. The van der Waals surface area contributed by atoms with Crippen molar-refractivity contribution in [1.82, 2.24) is 9.97 Å². The highest BCUT2D eigenvalue weighted by Gasteiger charge is 2.45. The second-order valence-electron chi connectivity index (χ2n) is 9.58. The van der Waals surface area contributed by atoms with Crippen LogP contribution in [-0.4, -0.2) is 64.3 Å². The average molecular weight is 457 g/mol. The summed E-state index contributed by atoms with van der Waals surface area (Å²) in [6.07, 6.45) is 4.44. The predicted molar refractivity (Wildman–Crippen MR) is 126 cm³/mol. The number of rotatable bonds is 7. The maximum absolute atomic E-state index is 12.6. The first-order chi connectivity index (χ1) is 15.5. The SMILES string of the molecule is COCC1(c2ccc(C)cc2)CCN(c2nc3c(c(NC4(CO)CC4)n2)[S+]([O-])CC3)CC1. The minimum Gasteiger partial charge on any atom is -0.611 e. The van der Waals surface area contributed by atoms with Gasteiger partial charge >= 0.3 is 0 Å². The van der Waals surface area contributed by atoms with Gasteiger partial charge in [-0.2, -0.15) is 4.98 Å². The minimum atomic E-state index is -1.08. The van der Waals surface area contributed by atoms with Crippen LogP contribution in [0.15, 0.2) is 29.2 Å². The average Bonchev–Trinajstić information content (AvgIpc) is 3.48. The molecule has 0 spiro atoms.